The number of rotatable bonds is 4. The van der Waals surface area contributed by atoms with E-state index in [0.717, 1.165) is 0 Å². The number of aromatic carboxylic acids is 1. The van der Waals surface area contributed by atoms with Gasteiger partial charge in [-0.3, -0.25) is 0 Å². The highest BCUT2D eigenvalue weighted by molar-refractivity contribution is 5.92. The van der Waals surface area contributed by atoms with Gasteiger partial charge in [0, 0.05) is 12.7 Å². The largest absolute Gasteiger partial charge is 0.477 e. The summed E-state index contributed by atoms with van der Waals surface area (Å²) < 4.78 is 0. The Labute approximate surface area is 87.0 Å². The zero-order chi connectivity index (χ0) is 11.5. The highest BCUT2D eigenvalue weighted by Gasteiger charge is 2.16. The van der Waals surface area contributed by atoms with Crippen LogP contribution in [0.1, 0.15) is 24.2 Å². The molecule has 1 rings (SSSR count). The maximum Gasteiger partial charge on any atom is 0.341 e. The van der Waals surface area contributed by atoms with Gasteiger partial charge in [0.25, 0.3) is 0 Å². The van der Waals surface area contributed by atoms with E-state index in [9.17, 15) is 9.90 Å². The SMILES string of the molecule is CC(C)(O)CNc1ncncc1C(=O)O. The van der Waals surface area contributed by atoms with E-state index in [1.807, 2.05) is 0 Å². The second-order valence-corrected chi connectivity index (χ2v) is 3.76. The smallest absolute Gasteiger partial charge is 0.341 e. The summed E-state index contributed by atoms with van der Waals surface area (Å²) in [5.41, 5.74) is -0.942. The molecule has 0 saturated carbocycles. The van der Waals surface area contributed by atoms with Crippen molar-refractivity contribution in [3.8, 4) is 0 Å². The molecule has 1 aromatic rings. The van der Waals surface area contributed by atoms with Crippen LogP contribution in [0.2, 0.25) is 0 Å². The molecule has 0 bridgehead atoms. The number of hydrogen-bond donors (Lipinski definition) is 3. The Morgan fingerprint density at radius 3 is 2.80 bits per heavy atom. The van der Waals surface area contributed by atoms with E-state index < -0.39 is 11.6 Å². The number of aliphatic hydroxyl groups is 1. The van der Waals surface area contributed by atoms with Crippen LogP contribution in [-0.2, 0) is 0 Å². The third kappa shape index (κ3) is 3.51. The van der Waals surface area contributed by atoms with Gasteiger partial charge in [-0.1, -0.05) is 0 Å². The lowest BCUT2D eigenvalue weighted by Gasteiger charge is -2.18. The van der Waals surface area contributed by atoms with Crippen LogP contribution in [0.5, 0.6) is 0 Å². The lowest BCUT2D eigenvalue weighted by Crippen LogP contribution is -2.30. The van der Waals surface area contributed by atoms with E-state index in [4.69, 9.17) is 5.11 Å². The molecule has 0 spiro atoms. The highest BCUT2D eigenvalue weighted by atomic mass is 16.4. The topological polar surface area (TPSA) is 95.3 Å². The molecule has 6 nitrogen and oxygen atoms in total. The zero-order valence-electron chi connectivity index (χ0n) is 8.56. The van der Waals surface area contributed by atoms with Crippen molar-refractivity contribution in [1.82, 2.24) is 9.97 Å². The predicted octanol–water partition coefficient (Wildman–Crippen LogP) is 0.358. The van der Waals surface area contributed by atoms with E-state index in [1.54, 1.807) is 13.8 Å². The van der Waals surface area contributed by atoms with Gasteiger partial charge in [-0.2, -0.15) is 0 Å². The van der Waals surface area contributed by atoms with Gasteiger partial charge in [-0.15, -0.1) is 0 Å². The Balaban J connectivity index is 2.81. The first-order valence-corrected chi connectivity index (χ1v) is 4.40. The summed E-state index contributed by atoms with van der Waals surface area (Å²) in [7, 11) is 0. The minimum Gasteiger partial charge on any atom is -0.477 e. The van der Waals surface area contributed by atoms with Crippen molar-refractivity contribution in [1.29, 1.82) is 0 Å². The minimum atomic E-state index is -1.10. The monoisotopic (exact) mass is 211 g/mol. The number of hydrogen-bond acceptors (Lipinski definition) is 5. The summed E-state index contributed by atoms with van der Waals surface area (Å²) in [6.07, 6.45) is 2.46. The fourth-order valence-corrected chi connectivity index (χ4v) is 0.927. The first-order chi connectivity index (χ1) is 6.90. The van der Waals surface area contributed by atoms with Crippen LogP contribution < -0.4 is 5.32 Å². The van der Waals surface area contributed by atoms with Crippen molar-refractivity contribution in [2.45, 2.75) is 19.4 Å². The van der Waals surface area contributed by atoms with E-state index in [2.05, 4.69) is 15.3 Å². The molecule has 82 valence electrons. The molecular formula is C9H13N3O3. The molecule has 0 saturated heterocycles. The molecule has 0 unspecified atom stereocenters. The van der Waals surface area contributed by atoms with Crippen molar-refractivity contribution >= 4 is 11.8 Å². The van der Waals surface area contributed by atoms with E-state index >= 15 is 0 Å². The number of aromatic nitrogens is 2. The van der Waals surface area contributed by atoms with Crippen molar-refractivity contribution in [2.75, 3.05) is 11.9 Å². The average Bonchev–Trinajstić information content (AvgIpc) is 2.14. The molecule has 0 radical (unpaired) electrons. The molecule has 3 N–H and O–H groups in total. The Bertz CT molecular complexity index is 360. The Kier molecular flexibility index (Phi) is 3.21. The highest BCUT2D eigenvalue weighted by Crippen LogP contribution is 2.11. The van der Waals surface area contributed by atoms with Crippen LogP contribution in [0, 0.1) is 0 Å². The molecule has 0 aliphatic rings. The summed E-state index contributed by atoms with van der Waals surface area (Å²) in [6.45, 7) is 3.44. The maximum atomic E-state index is 10.8. The van der Waals surface area contributed by atoms with Gasteiger partial charge in [-0.05, 0) is 13.8 Å². The average molecular weight is 211 g/mol. The van der Waals surface area contributed by atoms with Crippen LogP contribution >= 0.6 is 0 Å². The maximum absolute atomic E-state index is 10.8. The van der Waals surface area contributed by atoms with Crippen LogP contribution in [0.3, 0.4) is 0 Å². The van der Waals surface area contributed by atoms with Gasteiger partial charge < -0.3 is 15.5 Å². The standard InChI is InChI=1S/C9H13N3O3/c1-9(2,15)4-11-7-6(8(13)14)3-10-5-12-7/h3,5,15H,4H2,1-2H3,(H,13,14)(H,10,11,12). The molecule has 0 fully saturated rings. The number of anilines is 1. The number of carbonyl (C=O) groups is 1. The molecule has 0 amide bonds. The summed E-state index contributed by atoms with van der Waals surface area (Å²) in [5.74, 6) is -0.895. The van der Waals surface area contributed by atoms with Crippen molar-refractivity contribution in [3.63, 3.8) is 0 Å². The molecule has 0 atom stereocenters. The normalized spacial score (nSPS) is 11.1. The fourth-order valence-electron chi connectivity index (χ4n) is 0.927. The molecule has 0 aromatic carbocycles. The summed E-state index contributed by atoms with van der Waals surface area (Å²) >= 11 is 0. The van der Waals surface area contributed by atoms with Gasteiger partial charge in [0.15, 0.2) is 0 Å². The number of nitrogens with zero attached hydrogens (tertiary/aromatic N) is 2. The van der Waals surface area contributed by atoms with Crippen LogP contribution in [0.4, 0.5) is 5.82 Å². The van der Waals surface area contributed by atoms with Gasteiger partial charge in [0.1, 0.15) is 17.7 Å². The van der Waals surface area contributed by atoms with Crippen LogP contribution in [0.25, 0.3) is 0 Å². The summed E-state index contributed by atoms with van der Waals surface area (Å²) in [5, 5.41) is 21.0. The summed E-state index contributed by atoms with van der Waals surface area (Å²) in [4.78, 5) is 18.2. The summed E-state index contributed by atoms with van der Waals surface area (Å²) in [6, 6.07) is 0. The quantitative estimate of drug-likeness (QED) is 0.665. The van der Waals surface area contributed by atoms with Crippen molar-refractivity contribution < 1.29 is 15.0 Å². The first-order valence-electron chi connectivity index (χ1n) is 4.40. The molecule has 6 heteroatoms. The van der Waals surface area contributed by atoms with E-state index in [0.29, 0.717) is 0 Å². The van der Waals surface area contributed by atoms with Gasteiger partial charge in [-0.25, -0.2) is 14.8 Å². The second-order valence-electron chi connectivity index (χ2n) is 3.76. The van der Waals surface area contributed by atoms with E-state index in [-0.39, 0.29) is 17.9 Å². The zero-order valence-corrected chi connectivity index (χ0v) is 8.56. The Morgan fingerprint density at radius 2 is 2.27 bits per heavy atom. The first kappa shape index (κ1) is 11.4. The number of nitrogens with one attached hydrogen (secondary N) is 1. The predicted molar refractivity (Wildman–Crippen MR) is 53.8 cm³/mol. The number of carboxylic acid groups (broad SMARTS) is 1. The Hall–Kier alpha value is -1.69. The molecule has 0 aliphatic heterocycles. The van der Waals surface area contributed by atoms with Gasteiger partial charge in [0.05, 0.1) is 5.60 Å². The third-order valence-corrected chi connectivity index (χ3v) is 1.63. The third-order valence-electron chi connectivity index (χ3n) is 1.63. The van der Waals surface area contributed by atoms with Crippen LogP contribution in [-0.4, -0.2) is 38.3 Å². The van der Waals surface area contributed by atoms with Gasteiger partial charge >= 0.3 is 5.97 Å². The van der Waals surface area contributed by atoms with Crippen molar-refractivity contribution in [2.24, 2.45) is 0 Å². The van der Waals surface area contributed by atoms with Crippen molar-refractivity contribution in [3.05, 3.63) is 18.1 Å². The molecule has 1 aromatic heterocycles. The lowest BCUT2D eigenvalue weighted by atomic mass is 10.1. The number of carboxylic acids is 1. The lowest BCUT2D eigenvalue weighted by molar-refractivity contribution is 0.0695. The molecular weight excluding hydrogens is 198 g/mol. The second kappa shape index (κ2) is 4.22. The minimum absolute atomic E-state index is 0.0123. The molecule has 15 heavy (non-hydrogen) atoms. The molecule has 0 aliphatic carbocycles. The van der Waals surface area contributed by atoms with Crippen LogP contribution in [0.15, 0.2) is 12.5 Å². The van der Waals surface area contributed by atoms with E-state index in [1.165, 1.54) is 12.5 Å². The molecule has 1 heterocycles. The van der Waals surface area contributed by atoms with Gasteiger partial charge in [0.2, 0.25) is 0 Å². The Morgan fingerprint density at radius 1 is 1.60 bits per heavy atom. The fraction of sp³-hybridized carbons (Fsp3) is 0.444.